The second kappa shape index (κ2) is 6.75. The summed E-state index contributed by atoms with van der Waals surface area (Å²) in [4.78, 5) is 22.7. The summed E-state index contributed by atoms with van der Waals surface area (Å²) in [7, 11) is 1.81. The molecule has 1 unspecified atom stereocenters. The Morgan fingerprint density at radius 2 is 2.23 bits per heavy atom. The molecule has 7 heteroatoms. The number of aromatic nitrogens is 2. The highest BCUT2D eigenvalue weighted by molar-refractivity contribution is 5.94. The number of hydrogen-bond donors (Lipinski definition) is 2. The minimum Gasteiger partial charge on any atom is -0.482 e. The summed E-state index contributed by atoms with van der Waals surface area (Å²) in [5.74, 6) is -0.999. The number of carbonyl (C=O) groups excluding carboxylic acids is 1. The van der Waals surface area contributed by atoms with Crippen molar-refractivity contribution in [2.24, 2.45) is 7.05 Å². The van der Waals surface area contributed by atoms with Gasteiger partial charge in [-0.3, -0.25) is 9.48 Å². The SMILES string of the molecule is CC(NC(=O)c1cccc(OCC(=O)O)c1)c1cnn(C)c1. The van der Waals surface area contributed by atoms with Gasteiger partial charge in [-0.05, 0) is 25.1 Å². The lowest BCUT2D eigenvalue weighted by molar-refractivity contribution is -0.139. The molecule has 116 valence electrons. The predicted octanol–water partition coefficient (Wildman–Crippen LogP) is 1.37. The molecule has 0 spiro atoms. The monoisotopic (exact) mass is 303 g/mol. The maximum Gasteiger partial charge on any atom is 0.341 e. The molecule has 22 heavy (non-hydrogen) atoms. The third-order valence-corrected chi connectivity index (χ3v) is 3.03. The van der Waals surface area contributed by atoms with Gasteiger partial charge >= 0.3 is 5.97 Å². The number of benzene rings is 1. The highest BCUT2D eigenvalue weighted by Crippen LogP contribution is 2.15. The van der Waals surface area contributed by atoms with Crippen molar-refractivity contribution in [1.82, 2.24) is 15.1 Å². The molecule has 0 aliphatic rings. The average molecular weight is 303 g/mol. The molecule has 0 radical (unpaired) electrons. The van der Waals surface area contributed by atoms with Gasteiger partial charge in [0, 0.05) is 24.4 Å². The van der Waals surface area contributed by atoms with E-state index in [4.69, 9.17) is 9.84 Å². The Labute approximate surface area is 127 Å². The van der Waals surface area contributed by atoms with Gasteiger partial charge < -0.3 is 15.2 Å². The highest BCUT2D eigenvalue weighted by atomic mass is 16.5. The first-order chi connectivity index (χ1) is 10.5. The molecule has 0 saturated heterocycles. The van der Waals surface area contributed by atoms with E-state index in [-0.39, 0.29) is 11.9 Å². The molecular weight excluding hydrogens is 286 g/mol. The second-order valence-electron chi connectivity index (χ2n) is 4.85. The molecule has 7 nitrogen and oxygen atoms in total. The third-order valence-electron chi connectivity index (χ3n) is 3.03. The number of amides is 1. The lowest BCUT2D eigenvalue weighted by Gasteiger charge is -2.12. The largest absolute Gasteiger partial charge is 0.482 e. The highest BCUT2D eigenvalue weighted by Gasteiger charge is 2.13. The van der Waals surface area contributed by atoms with Crippen LogP contribution < -0.4 is 10.1 Å². The lowest BCUT2D eigenvalue weighted by Crippen LogP contribution is -2.26. The predicted molar refractivity (Wildman–Crippen MR) is 78.7 cm³/mol. The van der Waals surface area contributed by atoms with Crippen LogP contribution in [0.1, 0.15) is 28.9 Å². The molecule has 0 bridgehead atoms. The molecule has 1 amide bonds. The van der Waals surface area contributed by atoms with Crippen molar-refractivity contribution in [2.45, 2.75) is 13.0 Å². The molecule has 1 aromatic heterocycles. The Bertz CT molecular complexity index is 681. The topological polar surface area (TPSA) is 93.4 Å². The number of carbonyl (C=O) groups is 2. The van der Waals surface area contributed by atoms with Gasteiger partial charge in [0.1, 0.15) is 5.75 Å². The van der Waals surface area contributed by atoms with Gasteiger partial charge in [0.05, 0.1) is 12.2 Å². The van der Waals surface area contributed by atoms with Crippen LogP contribution in [0.2, 0.25) is 0 Å². The number of ether oxygens (including phenoxy) is 1. The van der Waals surface area contributed by atoms with Crippen molar-refractivity contribution in [3.63, 3.8) is 0 Å². The van der Waals surface area contributed by atoms with Gasteiger partial charge in [0.25, 0.3) is 5.91 Å². The fraction of sp³-hybridized carbons (Fsp3) is 0.267. The summed E-state index contributed by atoms with van der Waals surface area (Å²) >= 11 is 0. The first-order valence-electron chi connectivity index (χ1n) is 6.70. The van der Waals surface area contributed by atoms with Crippen LogP contribution in [0.3, 0.4) is 0 Å². The van der Waals surface area contributed by atoms with Crippen molar-refractivity contribution in [1.29, 1.82) is 0 Å². The zero-order chi connectivity index (χ0) is 16.1. The molecule has 2 rings (SSSR count). The number of aliphatic carboxylic acids is 1. The van der Waals surface area contributed by atoms with Crippen molar-refractivity contribution in [3.05, 3.63) is 47.8 Å². The van der Waals surface area contributed by atoms with Gasteiger partial charge in [-0.1, -0.05) is 6.07 Å². The maximum absolute atomic E-state index is 12.2. The molecule has 0 aliphatic heterocycles. The third kappa shape index (κ3) is 4.08. The fourth-order valence-corrected chi connectivity index (χ4v) is 1.90. The first kappa shape index (κ1) is 15.6. The van der Waals surface area contributed by atoms with Gasteiger partial charge in [-0.2, -0.15) is 5.10 Å². The van der Waals surface area contributed by atoms with Crippen molar-refractivity contribution >= 4 is 11.9 Å². The minimum absolute atomic E-state index is 0.190. The Hall–Kier alpha value is -2.83. The molecule has 2 N–H and O–H groups in total. The normalized spacial score (nSPS) is 11.7. The number of carboxylic acid groups (broad SMARTS) is 1. The van der Waals surface area contributed by atoms with E-state index in [0.717, 1.165) is 5.56 Å². The summed E-state index contributed by atoms with van der Waals surface area (Å²) in [5.41, 5.74) is 1.30. The first-order valence-corrected chi connectivity index (χ1v) is 6.70. The number of carboxylic acids is 1. The van der Waals surface area contributed by atoms with Crippen LogP contribution in [-0.2, 0) is 11.8 Å². The Kier molecular flexibility index (Phi) is 4.77. The molecule has 2 aromatic rings. The Morgan fingerprint density at radius 1 is 1.45 bits per heavy atom. The zero-order valence-electron chi connectivity index (χ0n) is 12.3. The van der Waals surface area contributed by atoms with Crippen LogP contribution in [0.5, 0.6) is 5.75 Å². The van der Waals surface area contributed by atoms with Crippen LogP contribution >= 0.6 is 0 Å². The zero-order valence-corrected chi connectivity index (χ0v) is 12.3. The number of nitrogens with one attached hydrogen (secondary N) is 1. The van der Waals surface area contributed by atoms with Gasteiger partial charge in [0.2, 0.25) is 0 Å². The minimum atomic E-state index is -1.07. The number of rotatable bonds is 6. The lowest BCUT2D eigenvalue weighted by atomic mass is 10.1. The van der Waals surface area contributed by atoms with E-state index in [2.05, 4.69) is 10.4 Å². The van der Waals surface area contributed by atoms with Crippen molar-refractivity contribution in [2.75, 3.05) is 6.61 Å². The number of hydrogen-bond acceptors (Lipinski definition) is 4. The quantitative estimate of drug-likeness (QED) is 0.840. The molecule has 0 aliphatic carbocycles. The molecule has 1 heterocycles. The van der Waals surface area contributed by atoms with Crippen LogP contribution in [0.4, 0.5) is 0 Å². The smallest absolute Gasteiger partial charge is 0.341 e. The van der Waals surface area contributed by atoms with E-state index in [1.54, 1.807) is 36.1 Å². The van der Waals surface area contributed by atoms with Gasteiger partial charge in [-0.25, -0.2) is 4.79 Å². The van der Waals surface area contributed by atoms with E-state index < -0.39 is 12.6 Å². The van der Waals surface area contributed by atoms with E-state index in [1.165, 1.54) is 6.07 Å². The Balaban J connectivity index is 2.02. The average Bonchev–Trinajstić information content (AvgIpc) is 2.92. The molecule has 0 saturated carbocycles. The maximum atomic E-state index is 12.2. The summed E-state index contributed by atoms with van der Waals surface area (Å²) in [6.45, 7) is 1.41. The van der Waals surface area contributed by atoms with Crippen LogP contribution in [-0.4, -0.2) is 33.4 Å². The standard InChI is InChI=1S/C15H17N3O4/c1-10(12-7-16-18(2)8-12)17-15(21)11-4-3-5-13(6-11)22-9-14(19)20/h3-8,10H,9H2,1-2H3,(H,17,21)(H,19,20). The van der Waals surface area contributed by atoms with Gasteiger partial charge in [0.15, 0.2) is 6.61 Å². The van der Waals surface area contributed by atoms with E-state index >= 15 is 0 Å². The van der Waals surface area contributed by atoms with E-state index in [9.17, 15) is 9.59 Å². The van der Waals surface area contributed by atoms with Crippen LogP contribution in [0, 0.1) is 0 Å². The fourth-order valence-electron chi connectivity index (χ4n) is 1.90. The molecule has 0 fully saturated rings. The second-order valence-corrected chi connectivity index (χ2v) is 4.85. The van der Waals surface area contributed by atoms with E-state index in [1.807, 2.05) is 13.1 Å². The van der Waals surface area contributed by atoms with Crippen LogP contribution in [0.25, 0.3) is 0 Å². The number of nitrogens with zero attached hydrogens (tertiary/aromatic N) is 2. The van der Waals surface area contributed by atoms with Crippen LogP contribution in [0.15, 0.2) is 36.7 Å². The molecule has 1 aromatic carbocycles. The molecular formula is C15H17N3O4. The number of aryl methyl sites for hydroxylation is 1. The van der Waals surface area contributed by atoms with E-state index in [0.29, 0.717) is 11.3 Å². The van der Waals surface area contributed by atoms with Crippen molar-refractivity contribution < 1.29 is 19.4 Å². The van der Waals surface area contributed by atoms with Crippen molar-refractivity contribution in [3.8, 4) is 5.75 Å². The van der Waals surface area contributed by atoms with Gasteiger partial charge in [-0.15, -0.1) is 0 Å². The summed E-state index contributed by atoms with van der Waals surface area (Å²) in [5, 5.41) is 15.5. The Morgan fingerprint density at radius 3 is 2.86 bits per heavy atom. The summed E-state index contributed by atoms with van der Waals surface area (Å²) in [6, 6.07) is 6.20. The summed E-state index contributed by atoms with van der Waals surface area (Å²) in [6.07, 6.45) is 3.52. The summed E-state index contributed by atoms with van der Waals surface area (Å²) < 4.78 is 6.72. The molecule has 1 atom stereocenters.